The Labute approximate surface area is 187 Å². The minimum absolute atomic E-state index is 0.110. The van der Waals surface area contributed by atoms with Gasteiger partial charge in [-0.25, -0.2) is 8.42 Å². The average Bonchev–Trinajstić information content (AvgIpc) is 2.76. The molecule has 2 N–H and O–H groups in total. The molecule has 0 heterocycles. The van der Waals surface area contributed by atoms with Crippen LogP contribution in [0.4, 0.5) is 5.69 Å². The molecule has 166 valence electrons. The van der Waals surface area contributed by atoms with Crippen molar-refractivity contribution < 1.29 is 18.0 Å². The van der Waals surface area contributed by atoms with Crippen molar-refractivity contribution in [3.8, 4) is 0 Å². The number of anilines is 1. The van der Waals surface area contributed by atoms with Crippen molar-refractivity contribution in [3.63, 3.8) is 0 Å². The average molecular weight is 464 g/mol. The second kappa shape index (κ2) is 10.3. The molecule has 3 rings (SSSR count). The van der Waals surface area contributed by atoms with E-state index in [1.807, 2.05) is 0 Å². The Morgan fingerprint density at radius 1 is 1.06 bits per heavy atom. The van der Waals surface area contributed by atoms with E-state index in [2.05, 4.69) is 10.6 Å². The minimum atomic E-state index is -3.78. The van der Waals surface area contributed by atoms with E-state index in [1.165, 1.54) is 37.7 Å². The number of rotatable bonds is 7. The number of hydrogen-bond acceptors (Lipinski definition) is 4. The van der Waals surface area contributed by atoms with Crippen molar-refractivity contribution in [3.05, 3.63) is 59.1 Å². The highest BCUT2D eigenvalue weighted by Gasteiger charge is 2.23. The van der Waals surface area contributed by atoms with E-state index in [-0.39, 0.29) is 34.0 Å². The van der Waals surface area contributed by atoms with Crippen molar-refractivity contribution >= 4 is 39.1 Å². The molecule has 7 nitrogen and oxygen atoms in total. The highest BCUT2D eigenvalue weighted by Crippen LogP contribution is 2.23. The van der Waals surface area contributed by atoms with Crippen LogP contribution in [0, 0.1) is 0 Å². The van der Waals surface area contributed by atoms with E-state index >= 15 is 0 Å². The number of nitrogens with zero attached hydrogens (tertiary/aromatic N) is 1. The number of sulfonamides is 1. The first-order valence-electron chi connectivity index (χ1n) is 10.2. The van der Waals surface area contributed by atoms with E-state index in [1.54, 1.807) is 24.3 Å². The molecule has 1 fully saturated rings. The van der Waals surface area contributed by atoms with Crippen LogP contribution in [0.25, 0.3) is 0 Å². The third-order valence-corrected chi connectivity index (χ3v) is 7.40. The molecule has 0 aliphatic heterocycles. The molecule has 0 spiro atoms. The van der Waals surface area contributed by atoms with Gasteiger partial charge in [-0.3, -0.25) is 9.59 Å². The quantitative estimate of drug-likeness (QED) is 0.655. The van der Waals surface area contributed by atoms with Crippen molar-refractivity contribution in [1.82, 2.24) is 9.62 Å². The van der Waals surface area contributed by atoms with Gasteiger partial charge in [0.2, 0.25) is 15.9 Å². The first kappa shape index (κ1) is 23.2. The topological polar surface area (TPSA) is 95.6 Å². The Hall–Kier alpha value is -2.42. The Bertz CT molecular complexity index is 1040. The van der Waals surface area contributed by atoms with Crippen LogP contribution >= 0.6 is 11.6 Å². The third-order valence-electron chi connectivity index (χ3n) is 5.25. The highest BCUT2D eigenvalue weighted by atomic mass is 35.5. The number of benzene rings is 2. The fourth-order valence-electron chi connectivity index (χ4n) is 3.55. The summed E-state index contributed by atoms with van der Waals surface area (Å²) in [7, 11) is -2.44. The third kappa shape index (κ3) is 6.06. The van der Waals surface area contributed by atoms with Gasteiger partial charge in [0.1, 0.15) is 0 Å². The molecule has 1 aliphatic rings. The zero-order chi connectivity index (χ0) is 22.4. The number of likely N-dealkylation sites (N-methyl/N-ethyl adjacent to an activating group) is 1. The summed E-state index contributed by atoms with van der Waals surface area (Å²) in [5.74, 6) is -0.806. The maximum absolute atomic E-state index is 12.6. The Morgan fingerprint density at radius 3 is 2.42 bits per heavy atom. The molecule has 0 atom stereocenters. The van der Waals surface area contributed by atoms with Crippen LogP contribution in [0.3, 0.4) is 0 Å². The molecule has 2 aromatic carbocycles. The summed E-state index contributed by atoms with van der Waals surface area (Å²) in [4.78, 5) is 25.2. The lowest BCUT2D eigenvalue weighted by Crippen LogP contribution is -2.36. The van der Waals surface area contributed by atoms with Gasteiger partial charge in [-0.15, -0.1) is 0 Å². The van der Waals surface area contributed by atoms with Crippen LogP contribution in [0.2, 0.25) is 5.02 Å². The maximum Gasteiger partial charge on any atom is 0.253 e. The Kier molecular flexibility index (Phi) is 7.69. The van der Waals surface area contributed by atoms with Crippen LogP contribution in [-0.4, -0.2) is 44.2 Å². The summed E-state index contributed by atoms with van der Waals surface area (Å²) in [6, 6.07) is 12.6. The zero-order valence-electron chi connectivity index (χ0n) is 17.3. The van der Waals surface area contributed by atoms with Crippen molar-refractivity contribution in [1.29, 1.82) is 0 Å². The van der Waals surface area contributed by atoms with Gasteiger partial charge in [0.15, 0.2) is 0 Å². The van der Waals surface area contributed by atoms with E-state index in [0.29, 0.717) is 5.69 Å². The molecule has 0 radical (unpaired) electrons. The molecule has 0 bridgehead atoms. The molecule has 1 aliphatic carbocycles. The lowest BCUT2D eigenvalue weighted by Gasteiger charge is -2.23. The lowest BCUT2D eigenvalue weighted by atomic mass is 9.95. The van der Waals surface area contributed by atoms with Gasteiger partial charge in [0.25, 0.3) is 5.91 Å². The first-order valence-corrected chi connectivity index (χ1v) is 12.0. The van der Waals surface area contributed by atoms with Crippen molar-refractivity contribution in [2.75, 3.05) is 18.9 Å². The van der Waals surface area contributed by atoms with Gasteiger partial charge in [0.05, 0.1) is 22.0 Å². The number of amides is 2. The van der Waals surface area contributed by atoms with Crippen LogP contribution in [-0.2, 0) is 14.8 Å². The monoisotopic (exact) mass is 463 g/mol. The predicted octanol–water partition coefficient (Wildman–Crippen LogP) is 3.66. The second-order valence-electron chi connectivity index (χ2n) is 7.63. The van der Waals surface area contributed by atoms with Gasteiger partial charge in [-0.1, -0.05) is 49.1 Å². The molecule has 9 heteroatoms. The van der Waals surface area contributed by atoms with Crippen LogP contribution < -0.4 is 10.6 Å². The number of halogens is 1. The van der Waals surface area contributed by atoms with E-state index in [4.69, 9.17) is 11.6 Å². The molecular weight excluding hydrogens is 438 g/mol. The van der Waals surface area contributed by atoms with Crippen LogP contribution in [0.5, 0.6) is 0 Å². The minimum Gasteiger partial charge on any atom is -0.349 e. The number of carbonyl (C=O) groups excluding carboxylic acids is 2. The Balaban J connectivity index is 1.64. The number of carbonyl (C=O) groups is 2. The number of hydrogen-bond donors (Lipinski definition) is 2. The van der Waals surface area contributed by atoms with Gasteiger partial charge >= 0.3 is 0 Å². The van der Waals surface area contributed by atoms with E-state index < -0.39 is 15.9 Å². The van der Waals surface area contributed by atoms with Crippen LogP contribution in [0.15, 0.2) is 53.4 Å². The van der Waals surface area contributed by atoms with E-state index in [0.717, 1.165) is 30.0 Å². The Morgan fingerprint density at radius 2 is 1.74 bits per heavy atom. The predicted molar refractivity (Wildman–Crippen MR) is 121 cm³/mol. The molecule has 1 saturated carbocycles. The first-order chi connectivity index (χ1) is 14.8. The molecule has 31 heavy (non-hydrogen) atoms. The van der Waals surface area contributed by atoms with Crippen molar-refractivity contribution in [2.45, 2.75) is 43.0 Å². The smallest absolute Gasteiger partial charge is 0.253 e. The second-order valence-corrected chi connectivity index (χ2v) is 10.1. The lowest BCUT2D eigenvalue weighted by molar-refractivity contribution is -0.116. The normalized spacial score (nSPS) is 14.9. The summed E-state index contributed by atoms with van der Waals surface area (Å²) in [6.45, 7) is -0.372. The molecule has 0 saturated heterocycles. The summed E-state index contributed by atoms with van der Waals surface area (Å²) in [5.41, 5.74) is 0.643. The van der Waals surface area contributed by atoms with Gasteiger partial charge in [0, 0.05) is 18.8 Å². The van der Waals surface area contributed by atoms with E-state index in [9.17, 15) is 18.0 Å². The number of nitrogens with one attached hydrogen (secondary N) is 2. The summed E-state index contributed by atoms with van der Waals surface area (Å²) in [5, 5.41) is 5.93. The molecular formula is C22H26ClN3O4S. The molecule has 0 unspecified atom stereocenters. The molecule has 2 aromatic rings. The summed E-state index contributed by atoms with van der Waals surface area (Å²) >= 11 is 6.20. The summed E-state index contributed by atoms with van der Waals surface area (Å²) in [6.07, 6.45) is 5.26. The maximum atomic E-state index is 12.6. The fourth-order valence-corrected chi connectivity index (χ4v) is 4.90. The van der Waals surface area contributed by atoms with Crippen molar-refractivity contribution in [2.24, 2.45) is 0 Å². The fraction of sp³-hybridized carbons (Fsp3) is 0.364. The standard InChI is InChI=1S/C22H26ClN3O4S/c1-26(31(29,30)18-10-6-3-7-11-18)15-21(27)24-17-12-13-20(23)19(14-17)22(28)25-16-8-4-2-5-9-16/h3,6-7,10-14,16H,2,4-5,8-9,15H2,1H3,(H,24,27)(H,25,28). The SMILES string of the molecule is CN(CC(=O)Nc1ccc(Cl)c(C(=O)NC2CCCCC2)c1)S(=O)(=O)c1ccccc1. The van der Waals surface area contributed by atoms with Crippen LogP contribution in [0.1, 0.15) is 42.5 Å². The van der Waals surface area contributed by atoms with Gasteiger partial charge < -0.3 is 10.6 Å². The molecule has 2 amide bonds. The molecule has 0 aromatic heterocycles. The highest BCUT2D eigenvalue weighted by molar-refractivity contribution is 7.89. The van der Waals surface area contributed by atoms with Gasteiger partial charge in [-0.2, -0.15) is 4.31 Å². The zero-order valence-corrected chi connectivity index (χ0v) is 18.9. The largest absolute Gasteiger partial charge is 0.349 e. The summed E-state index contributed by atoms with van der Waals surface area (Å²) < 4.78 is 26.1. The van der Waals surface area contributed by atoms with Gasteiger partial charge in [-0.05, 0) is 43.2 Å².